The number of urea groups is 1. The third-order valence-corrected chi connectivity index (χ3v) is 5.58. The van der Waals surface area contributed by atoms with E-state index in [1.54, 1.807) is 4.90 Å². The molecule has 10 heteroatoms. The number of carbonyl (C=O) groups is 2. The molecule has 3 aliphatic rings. The topological polar surface area (TPSA) is 65.1 Å². The molecular formula is C19H21F3N4O3. The van der Waals surface area contributed by atoms with Gasteiger partial charge in [0.25, 0.3) is 5.91 Å². The Hall–Kier alpha value is -2.59. The summed E-state index contributed by atoms with van der Waals surface area (Å²) in [5.74, 6) is -3.95. The highest BCUT2D eigenvalue weighted by atomic mass is 19.2. The number of carbonyl (C=O) groups excluding carboxylic acids is 2. The summed E-state index contributed by atoms with van der Waals surface area (Å²) >= 11 is 0. The number of benzene rings is 1. The lowest BCUT2D eigenvalue weighted by Crippen LogP contribution is -2.45. The highest BCUT2D eigenvalue weighted by Gasteiger charge is 2.43. The van der Waals surface area contributed by atoms with Crippen LogP contribution in [-0.2, 0) is 9.53 Å². The van der Waals surface area contributed by atoms with E-state index >= 15 is 0 Å². The van der Waals surface area contributed by atoms with Gasteiger partial charge in [-0.25, -0.2) is 18.0 Å². The molecule has 1 saturated heterocycles. The van der Waals surface area contributed by atoms with Crippen LogP contribution in [0.15, 0.2) is 23.4 Å². The van der Waals surface area contributed by atoms with Gasteiger partial charge in [0.05, 0.1) is 37.1 Å². The van der Waals surface area contributed by atoms with Crippen molar-refractivity contribution in [2.75, 3.05) is 53.0 Å². The Labute approximate surface area is 165 Å². The number of rotatable bonds is 4. The third kappa shape index (κ3) is 3.58. The number of nitrogens with one attached hydrogen (secondary N) is 1. The standard InChI is InChI=1S/C19H21F3N4O3/c1-24-15-10-26(3-2-25-4-6-29-7-5-25)18(27)16(15)17(23-19(24)28)11-8-13(21)14(22)9-12(11)20/h8-9,17H,2-7,10H2,1H3,(H,23,28). The maximum Gasteiger partial charge on any atom is 0.322 e. The monoisotopic (exact) mass is 410 g/mol. The fourth-order valence-electron chi connectivity index (χ4n) is 3.88. The molecule has 1 aromatic rings. The quantitative estimate of drug-likeness (QED) is 0.759. The fraction of sp³-hybridized carbons (Fsp3) is 0.474. The number of nitrogens with zero attached hydrogens (tertiary/aromatic N) is 3. The largest absolute Gasteiger partial charge is 0.379 e. The minimum atomic E-state index is -1.33. The fourth-order valence-corrected chi connectivity index (χ4v) is 3.88. The van der Waals surface area contributed by atoms with Crippen LogP contribution in [0, 0.1) is 17.5 Å². The maximum atomic E-state index is 14.4. The molecule has 0 aromatic heterocycles. The van der Waals surface area contributed by atoms with Gasteiger partial charge in [0.15, 0.2) is 11.6 Å². The SMILES string of the molecule is CN1C(=O)NC(c2cc(F)c(F)cc2F)C2=C1CN(CCN1CCOCC1)C2=O. The molecule has 1 unspecified atom stereocenters. The first kappa shape index (κ1) is 19.7. The summed E-state index contributed by atoms with van der Waals surface area (Å²) in [5, 5.41) is 2.52. The molecule has 1 atom stereocenters. The van der Waals surface area contributed by atoms with Crippen molar-refractivity contribution in [2.45, 2.75) is 6.04 Å². The molecule has 0 bridgehead atoms. The second-order valence-corrected chi connectivity index (χ2v) is 7.27. The summed E-state index contributed by atoms with van der Waals surface area (Å²) in [6, 6.07) is -0.606. The zero-order valence-electron chi connectivity index (χ0n) is 15.9. The first-order valence-electron chi connectivity index (χ1n) is 9.38. The van der Waals surface area contributed by atoms with E-state index < -0.39 is 29.5 Å². The maximum absolute atomic E-state index is 14.4. The number of amides is 3. The van der Waals surface area contributed by atoms with Crippen molar-refractivity contribution in [3.05, 3.63) is 46.4 Å². The van der Waals surface area contributed by atoms with E-state index in [-0.39, 0.29) is 23.6 Å². The average molecular weight is 410 g/mol. The van der Waals surface area contributed by atoms with E-state index in [2.05, 4.69) is 10.2 Å². The van der Waals surface area contributed by atoms with Crippen molar-refractivity contribution in [3.63, 3.8) is 0 Å². The van der Waals surface area contributed by atoms with Gasteiger partial charge >= 0.3 is 6.03 Å². The molecule has 3 amide bonds. The van der Waals surface area contributed by atoms with Crippen LogP contribution in [0.25, 0.3) is 0 Å². The summed E-state index contributed by atoms with van der Waals surface area (Å²) < 4.78 is 46.8. The minimum absolute atomic E-state index is 0.180. The number of likely N-dealkylation sites (N-methyl/N-ethyl adjacent to an activating group) is 1. The predicted molar refractivity (Wildman–Crippen MR) is 96.2 cm³/mol. The van der Waals surface area contributed by atoms with Crippen LogP contribution in [0.1, 0.15) is 11.6 Å². The lowest BCUT2D eigenvalue weighted by atomic mass is 9.95. The Morgan fingerprint density at radius 1 is 1.07 bits per heavy atom. The Morgan fingerprint density at radius 2 is 1.76 bits per heavy atom. The number of ether oxygens (including phenoxy) is 1. The molecule has 1 fully saturated rings. The number of morpholine rings is 1. The summed E-state index contributed by atoms with van der Waals surface area (Å²) in [6.07, 6.45) is 0. The molecule has 4 rings (SSSR count). The molecule has 0 radical (unpaired) electrons. The average Bonchev–Trinajstić information content (AvgIpc) is 3.04. The lowest BCUT2D eigenvalue weighted by molar-refractivity contribution is -0.126. The van der Waals surface area contributed by atoms with E-state index in [4.69, 9.17) is 4.74 Å². The number of hydrogen-bond acceptors (Lipinski definition) is 4. The first-order chi connectivity index (χ1) is 13.9. The van der Waals surface area contributed by atoms with E-state index in [9.17, 15) is 22.8 Å². The van der Waals surface area contributed by atoms with E-state index in [1.807, 2.05) is 0 Å². The van der Waals surface area contributed by atoms with Gasteiger partial charge in [-0.15, -0.1) is 0 Å². The summed E-state index contributed by atoms with van der Waals surface area (Å²) in [4.78, 5) is 30.5. The van der Waals surface area contributed by atoms with Gasteiger partial charge < -0.3 is 15.0 Å². The Balaban J connectivity index is 1.59. The molecular weight excluding hydrogens is 389 g/mol. The highest BCUT2D eigenvalue weighted by Crippen LogP contribution is 2.37. The molecule has 1 aromatic carbocycles. The number of halogens is 3. The Bertz CT molecular complexity index is 886. The van der Waals surface area contributed by atoms with Crippen LogP contribution in [0.3, 0.4) is 0 Å². The van der Waals surface area contributed by atoms with Crippen LogP contribution in [0.2, 0.25) is 0 Å². The first-order valence-corrected chi connectivity index (χ1v) is 9.38. The summed E-state index contributed by atoms with van der Waals surface area (Å²) in [7, 11) is 1.52. The normalized spacial score (nSPS) is 23.0. The number of hydrogen-bond donors (Lipinski definition) is 1. The van der Waals surface area contributed by atoms with Crippen LogP contribution >= 0.6 is 0 Å². The van der Waals surface area contributed by atoms with Crippen LogP contribution in [0.5, 0.6) is 0 Å². The minimum Gasteiger partial charge on any atom is -0.379 e. The lowest BCUT2D eigenvalue weighted by Gasteiger charge is -2.31. The molecule has 0 saturated carbocycles. The van der Waals surface area contributed by atoms with Crippen molar-refractivity contribution in [2.24, 2.45) is 0 Å². The van der Waals surface area contributed by atoms with E-state index in [0.717, 1.165) is 13.1 Å². The summed E-state index contributed by atoms with van der Waals surface area (Å²) in [5.41, 5.74) is 0.343. The summed E-state index contributed by atoms with van der Waals surface area (Å²) in [6.45, 7) is 4.11. The molecule has 7 nitrogen and oxygen atoms in total. The van der Waals surface area contributed by atoms with Crippen molar-refractivity contribution in [1.82, 2.24) is 20.0 Å². The van der Waals surface area contributed by atoms with Gasteiger partial charge in [0, 0.05) is 44.9 Å². The molecule has 29 heavy (non-hydrogen) atoms. The Morgan fingerprint density at radius 3 is 2.48 bits per heavy atom. The van der Waals surface area contributed by atoms with Crippen LogP contribution in [-0.4, -0.2) is 79.6 Å². The molecule has 3 aliphatic heterocycles. The van der Waals surface area contributed by atoms with Gasteiger partial charge in [0.1, 0.15) is 5.82 Å². The van der Waals surface area contributed by atoms with Gasteiger partial charge in [-0.3, -0.25) is 14.6 Å². The molecule has 0 spiro atoms. The second-order valence-electron chi connectivity index (χ2n) is 7.27. The van der Waals surface area contributed by atoms with Crippen molar-refractivity contribution < 1.29 is 27.5 Å². The molecule has 3 heterocycles. The third-order valence-electron chi connectivity index (χ3n) is 5.58. The van der Waals surface area contributed by atoms with Crippen molar-refractivity contribution in [3.8, 4) is 0 Å². The van der Waals surface area contributed by atoms with E-state index in [0.29, 0.717) is 44.1 Å². The predicted octanol–water partition coefficient (Wildman–Crippen LogP) is 1.23. The van der Waals surface area contributed by atoms with Crippen molar-refractivity contribution >= 4 is 11.9 Å². The molecule has 1 N–H and O–H groups in total. The van der Waals surface area contributed by atoms with Gasteiger partial charge in [-0.1, -0.05) is 0 Å². The van der Waals surface area contributed by atoms with Crippen LogP contribution in [0.4, 0.5) is 18.0 Å². The smallest absolute Gasteiger partial charge is 0.322 e. The van der Waals surface area contributed by atoms with Crippen molar-refractivity contribution in [1.29, 1.82) is 0 Å². The second kappa shape index (κ2) is 7.68. The van der Waals surface area contributed by atoms with E-state index in [1.165, 1.54) is 11.9 Å². The highest BCUT2D eigenvalue weighted by molar-refractivity contribution is 6.01. The molecule has 156 valence electrons. The zero-order chi connectivity index (χ0) is 20.7. The zero-order valence-corrected chi connectivity index (χ0v) is 15.9. The van der Waals surface area contributed by atoms with Gasteiger partial charge in [0.2, 0.25) is 0 Å². The Kier molecular flexibility index (Phi) is 5.22. The van der Waals surface area contributed by atoms with Gasteiger partial charge in [-0.05, 0) is 6.07 Å². The molecule has 0 aliphatic carbocycles. The van der Waals surface area contributed by atoms with Crippen LogP contribution < -0.4 is 5.32 Å². The van der Waals surface area contributed by atoms with Gasteiger partial charge in [-0.2, -0.15) is 0 Å².